The molecule has 2 heterocycles. The third-order valence-electron chi connectivity index (χ3n) is 5.28. The topological polar surface area (TPSA) is 88.6 Å². The van der Waals surface area contributed by atoms with E-state index in [4.69, 9.17) is 9.72 Å². The first-order valence-electron chi connectivity index (χ1n) is 10.3. The number of hydrogen-bond donors (Lipinski definition) is 1. The van der Waals surface area contributed by atoms with Gasteiger partial charge in [-0.3, -0.25) is 4.79 Å². The number of aromatic nitrogens is 1. The fourth-order valence-electron chi connectivity index (χ4n) is 3.56. The Morgan fingerprint density at radius 3 is 2.53 bits per heavy atom. The Morgan fingerprint density at radius 2 is 1.81 bits per heavy atom. The molecule has 32 heavy (non-hydrogen) atoms. The minimum atomic E-state index is -3.55. The zero-order valence-corrected chi connectivity index (χ0v) is 19.6. The molecule has 1 aromatic heterocycles. The number of sulfonamides is 1. The lowest BCUT2D eigenvalue weighted by molar-refractivity contribution is -0.113. The second-order valence-corrected chi connectivity index (χ2v) is 10.5. The van der Waals surface area contributed by atoms with Crippen molar-refractivity contribution in [3.8, 4) is 0 Å². The number of para-hydroxylation sites is 1. The summed E-state index contributed by atoms with van der Waals surface area (Å²) in [5.74, 6) is 0.0313. The van der Waals surface area contributed by atoms with Crippen LogP contribution in [0, 0.1) is 13.8 Å². The van der Waals surface area contributed by atoms with E-state index in [0.717, 1.165) is 27.1 Å². The van der Waals surface area contributed by atoms with Crippen LogP contribution in [-0.4, -0.2) is 55.7 Å². The number of benzene rings is 2. The van der Waals surface area contributed by atoms with E-state index >= 15 is 0 Å². The van der Waals surface area contributed by atoms with Gasteiger partial charge in [0.05, 0.1) is 29.4 Å². The molecule has 168 valence electrons. The van der Waals surface area contributed by atoms with Crippen LogP contribution in [0.4, 0.5) is 5.69 Å². The number of carbonyl (C=O) groups excluding carboxylic acids is 1. The van der Waals surface area contributed by atoms with E-state index < -0.39 is 10.0 Å². The third-order valence-corrected chi connectivity index (χ3v) is 8.28. The first-order valence-corrected chi connectivity index (χ1v) is 12.7. The number of morpholine rings is 1. The van der Waals surface area contributed by atoms with Crippen molar-refractivity contribution >= 4 is 44.3 Å². The van der Waals surface area contributed by atoms with Gasteiger partial charge >= 0.3 is 0 Å². The predicted molar refractivity (Wildman–Crippen MR) is 127 cm³/mol. The number of fused-ring (bicyclic) bond motifs is 1. The minimum Gasteiger partial charge on any atom is -0.379 e. The summed E-state index contributed by atoms with van der Waals surface area (Å²) in [6, 6.07) is 14.4. The summed E-state index contributed by atoms with van der Waals surface area (Å²) < 4.78 is 32.0. The Balaban J connectivity index is 1.39. The first-order chi connectivity index (χ1) is 15.3. The zero-order valence-electron chi connectivity index (χ0n) is 18.0. The third kappa shape index (κ3) is 4.96. The van der Waals surface area contributed by atoms with Crippen molar-refractivity contribution in [3.63, 3.8) is 0 Å². The maximum atomic E-state index is 12.7. The Bertz CT molecular complexity index is 1240. The largest absolute Gasteiger partial charge is 0.379 e. The summed E-state index contributed by atoms with van der Waals surface area (Å²) in [6.45, 7) is 5.50. The van der Waals surface area contributed by atoms with Gasteiger partial charge in [-0.05, 0) is 55.3 Å². The summed E-state index contributed by atoms with van der Waals surface area (Å²) in [5.41, 5.74) is 3.62. The summed E-state index contributed by atoms with van der Waals surface area (Å²) in [6.07, 6.45) is 0. The fraction of sp³-hybridized carbons (Fsp3) is 0.304. The highest BCUT2D eigenvalue weighted by Gasteiger charge is 2.26. The van der Waals surface area contributed by atoms with E-state index in [1.165, 1.54) is 28.2 Å². The van der Waals surface area contributed by atoms with Gasteiger partial charge in [0.15, 0.2) is 0 Å². The first kappa shape index (κ1) is 22.7. The highest BCUT2D eigenvalue weighted by atomic mass is 32.2. The number of ether oxygens (including phenoxy) is 1. The van der Waals surface area contributed by atoms with Gasteiger partial charge in [-0.1, -0.05) is 30.0 Å². The minimum absolute atomic E-state index is 0.176. The van der Waals surface area contributed by atoms with Gasteiger partial charge in [-0.25, -0.2) is 13.4 Å². The summed E-state index contributed by atoms with van der Waals surface area (Å²) in [5, 5.41) is 4.74. The standard InChI is InChI=1S/C23H25N3O4S2/c1-16-4-3-5-18-14-17(2)23(25-22(16)18)31-15-21(27)24-19-6-8-20(9-7-19)32(28,29)26-10-12-30-13-11-26/h3-9,14H,10-13,15H2,1-2H3,(H,24,27). The second kappa shape index (κ2) is 9.58. The number of carbonyl (C=O) groups is 1. The number of hydrogen-bond acceptors (Lipinski definition) is 6. The highest BCUT2D eigenvalue weighted by Crippen LogP contribution is 2.26. The number of nitrogens with zero attached hydrogens (tertiary/aromatic N) is 2. The van der Waals surface area contributed by atoms with E-state index in [0.29, 0.717) is 32.0 Å². The summed E-state index contributed by atoms with van der Waals surface area (Å²) in [4.78, 5) is 17.4. The normalized spacial score (nSPS) is 15.1. The van der Waals surface area contributed by atoms with Crippen molar-refractivity contribution in [1.29, 1.82) is 0 Å². The number of pyridine rings is 1. The van der Waals surface area contributed by atoms with Crippen LogP contribution in [0.25, 0.3) is 10.9 Å². The number of anilines is 1. The van der Waals surface area contributed by atoms with E-state index in [-0.39, 0.29) is 16.6 Å². The molecule has 7 nitrogen and oxygen atoms in total. The van der Waals surface area contributed by atoms with Crippen LogP contribution in [0.3, 0.4) is 0 Å². The molecule has 4 rings (SSSR count). The molecule has 0 aliphatic carbocycles. The van der Waals surface area contributed by atoms with Crippen molar-refractivity contribution in [1.82, 2.24) is 9.29 Å². The van der Waals surface area contributed by atoms with Crippen molar-refractivity contribution in [3.05, 3.63) is 59.7 Å². The molecule has 1 N–H and O–H groups in total. The van der Waals surface area contributed by atoms with Gasteiger partial charge in [0, 0.05) is 24.2 Å². The Hall–Kier alpha value is -2.46. The van der Waals surface area contributed by atoms with E-state index in [9.17, 15) is 13.2 Å². The van der Waals surface area contributed by atoms with Crippen molar-refractivity contribution in [2.24, 2.45) is 0 Å². The van der Waals surface area contributed by atoms with Crippen LogP contribution >= 0.6 is 11.8 Å². The average molecular weight is 472 g/mol. The molecule has 9 heteroatoms. The van der Waals surface area contributed by atoms with Crippen LogP contribution in [-0.2, 0) is 19.6 Å². The Kier molecular flexibility index (Phi) is 6.80. The van der Waals surface area contributed by atoms with E-state index in [2.05, 4.69) is 11.4 Å². The van der Waals surface area contributed by atoms with Crippen LogP contribution in [0.2, 0.25) is 0 Å². The molecular formula is C23H25N3O4S2. The molecule has 0 saturated carbocycles. The van der Waals surface area contributed by atoms with Crippen molar-refractivity contribution in [2.45, 2.75) is 23.8 Å². The molecule has 1 aliphatic rings. The zero-order chi connectivity index (χ0) is 22.7. The highest BCUT2D eigenvalue weighted by molar-refractivity contribution is 8.00. The van der Waals surface area contributed by atoms with Gasteiger partial charge in [0.1, 0.15) is 5.03 Å². The van der Waals surface area contributed by atoms with Crippen molar-refractivity contribution in [2.75, 3.05) is 37.4 Å². The van der Waals surface area contributed by atoms with Gasteiger partial charge in [0.25, 0.3) is 0 Å². The van der Waals surface area contributed by atoms with Gasteiger partial charge in [-0.15, -0.1) is 0 Å². The van der Waals surface area contributed by atoms with E-state index in [1.807, 2.05) is 32.0 Å². The molecule has 0 atom stereocenters. The van der Waals surface area contributed by atoms with Gasteiger partial charge < -0.3 is 10.1 Å². The lowest BCUT2D eigenvalue weighted by Crippen LogP contribution is -2.40. The quantitative estimate of drug-likeness (QED) is 0.553. The molecule has 2 aromatic carbocycles. The van der Waals surface area contributed by atoms with Crippen LogP contribution in [0.5, 0.6) is 0 Å². The van der Waals surface area contributed by atoms with E-state index in [1.54, 1.807) is 12.1 Å². The van der Waals surface area contributed by atoms with Crippen LogP contribution in [0.15, 0.2) is 58.5 Å². The SMILES string of the molecule is Cc1cc2cccc(C)c2nc1SCC(=O)Nc1ccc(S(=O)(=O)N2CCOCC2)cc1. The second-order valence-electron chi connectivity index (χ2n) is 7.63. The fourth-order valence-corrected chi connectivity index (χ4v) is 5.75. The van der Waals surface area contributed by atoms with Gasteiger partial charge in [0.2, 0.25) is 15.9 Å². The van der Waals surface area contributed by atoms with Crippen LogP contribution < -0.4 is 5.32 Å². The Morgan fingerprint density at radius 1 is 1.09 bits per heavy atom. The average Bonchev–Trinajstić information content (AvgIpc) is 2.79. The molecule has 1 amide bonds. The molecule has 0 bridgehead atoms. The monoisotopic (exact) mass is 471 g/mol. The summed E-state index contributed by atoms with van der Waals surface area (Å²) >= 11 is 1.39. The number of rotatable bonds is 6. The smallest absolute Gasteiger partial charge is 0.243 e. The van der Waals surface area contributed by atoms with Crippen molar-refractivity contribution < 1.29 is 17.9 Å². The lowest BCUT2D eigenvalue weighted by Gasteiger charge is -2.26. The summed E-state index contributed by atoms with van der Waals surface area (Å²) in [7, 11) is -3.55. The molecule has 1 fully saturated rings. The molecule has 0 spiro atoms. The number of thioether (sulfide) groups is 1. The number of amides is 1. The lowest BCUT2D eigenvalue weighted by atomic mass is 10.1. The molecule has 3 aromatic rings. The molecule has 0 radical (unpaired) electrons. The molecule has 1 aliphatic heterocycles. The number of aryl methyl sites for hydroxylation is 2. The number of nitrogens with one attached hydrogen (secondary N) is 1. The molecule has 0 unspecified atom stereocenters. The maximum absolute atomic E-state index is 12.7. The predicted octanol–water partition coefficient (Wildman–Crippen LogP) is 3.60. The molecular weight excluding hydrogens is 446 g/mol. The molecule has 1 saturated heterocycles. The Labute approximate surface area is 192 Å². The maximum Gasteiger partial charge on any atom is 0.243 e. The van der Waals surface area contributed by atoms with Gasteiger partial charge in [-0.2, -0.15) is 4.31 Å². The van der Waals surface area contributed by atoms with Crippen LogP contribution in [0.1, 0.15) is 11.1 Å².